The molecule has 0 atom stereocenters. The van der Waals surface area contributed by atoms with Gasteiger partial charge in [-0.15, -0.1) is 0 Å². The number of aryl methyl sites for hydroxylation is 1. The summed E-state index contributed by atoms with van der Waals surface area (Å²) in [6.07, 6.45) is 0. The maximum Gasteiger partial charge on any atom is 0.371 e. The average molecular weight is 311 g/mol. The lowest BCUT2D eigenvalue weighted by Gasteiger charge is -2.10. The van der Waals surface area contributed by atoms with Crippen molar-refractivity contribution < 1.29 is 27.5 Å². The summed E-state index contributed by atoms with van der Waals surface area (Å²) in [5, 5.41) is 8.27. The Morgan fingerprint density at radius 3 is 2.52 bits per heavy atom. The molecule has 8 heteroatoms. The maximum absolute atomic E-state index is 12.1. The van der Waals surface area contributed by atoms with E-state index in [1.807, 2.05) is 0 Å². The van der Waals surface area contributed by atoms with Gasteiger partial charge in [-0.3, -0.25) is 4.72 Å². The molecule has 0 amide bonds. The van der Waals surface area contributed by atoms with Gasteiger partial charge < -0.3 is 14.3 Å². The van der Waals surface area contributed by atoms with E-state index in [1.54, 1.807) is 25.1 Å². The molecule has 2 N–H and O–H groups in total. The van der Waals surface area contributed by atoms with E-state index in [2.05, 4.69) is 4.72 Å². The minimum absolute atomic E-state index is 0.351. The molecule has 21 heavy (non-hydrogen) atoms. The van der Waals surface area contributed by atoms with E-state index in [9.17, 15) is 13.2 Å². The van der Waals surface area contributed by atoms with Gasteiger partial charge in [0, 0.05) is 0 Å². The van der Waals surface area contributed by atoms with E-state index >= 15 is 0 Å². The quantitative estimate of drug-likeness (QED) is 0.876. The molecule has 0 saturated carbocycles. The Morgan fingerprint density at radius 2 is 2.00 bits per heavy atom. The van der Waals surface area contributed by atoms with Crippen LogP contribution in [0.3, 0.4) is 0 Å². The van der Waals surface area contributed by atoms with E-state index in [0.29, 0.717) is 17.0 Å². The number of sulfonamides is 1. The molecule has 0 unspecified atom stereocenters. The predicted molar refractivity (Wildman–Crippen MR) is 74.2 cm³/mol. The van der Waals surface area contributed by atoms with Gasteiger partial charge in [-0.1, -0.05) is 0 Å². The fourth-order valence-corrected chi connectivity index (χ4v) is 2.72. The minimum atomic E-state index is -3.99. The van der Waals surface area contributed by atoms with Gasteiger partial charge >= 0.3 is 5.97 Å². The Labute approximate surface area is 121 Å². The van der Waals surface area contributed by atoms with Gasteiger partial charge in [0.1, 0.15) is 5.75 Å². The van der Waals surface area contributed by atoms with Crippen molar-refractivity contribution in [2.45, 2.75) is 12.0 Å². The number of benzene rings is 1. The van der Waals surface area contributed by atoms with Gasteiger partial charge in [-0.05, 0) is 42.8 Å². The molecule has 0 spiro atoms. The molecule has 2 aromatic rings. The molecule has 0 aliphatic heterocycles. The van der Waals surface area contributed by atoms with Gasteiger partial charge in [-0.25, -0.2) is 4.79 Å². The number of carbonyl (C=O) groups is 1. The summed E-state index contributed by atoms with van der Waals surface area (Å²) < 4.78 is 36.4. The van der Waals surface area contributed by atoms with E-state index in [0.717, 1.165) is 12.1 Å². The van der Waals surface area contributed by atoms with Crippen LogP contribution in [-0.4, -0.2) is 26.6 Å². The Kier molecular flexibility index (Phi) is 3.90. The third-order valence-corrected chi connectivity index (χ3v) is 3.97. The number of hydrogen-bond donors (Lipinski definition) is 2. The lowest BCUT2D eigenvalue weighted by Crippen LogP contribution is -2.13. The van der Waals surface area contributed by atoms with Crippen LogP contribution in [0.5, 0.6) is 5.75 Å². The van der Waals surface area contributed by atoms with E-state index in [4.69, 9.17) is 14.3 Å². The van der Waals surface area contributed by atoms with E-state index in [-0.39, 0.29) is 0 Å². The second-order valence-corrected chi connectivity index (χ2v) is 5.82. The highest BCUT2D eigenvalue weighted by Gasteiger charge is 2.21. The first-order chi connectivity index (χ1) is 9.83. The van der Waals surface area contributed by atoms with Gasteiger partial charge in [0.25, 0.3) is 10.0 Å². The smallest absolute Gasteiger partial charge is 0.371 e. The van der Waals surface area contributed by atoms with E-state index < -0.39 is 26.8 Å². The van der Waals surface area contributed by atoms with Gasteiger partial charge in [-0.2, -0.15) is 8.42 Å². The third kappa shape index (κ3) is 3.16. The minimum Gasteiger partial charge on any atom is -0.497 e. The number of anilines is 1. The van der Waals surface area contributed by atoms with Crippen LogP contribution in [0.4, 0.5) is 5.69 Å². The fraction of sp³-hybridized carbons (Fsp3) is 0.154. The standard InChI is InChI=1S/C13H13NO6S/c1-8-7-9(19-2)3-4-10(8)14-21(17,18)12-6-5-11(20-12)13(15)16/h3-7,14H,1-2H3,(H,15,16). The van der Waals surface area contributed by atoms with Crippen molar-refractivity contribution in [2.75, 3.05) is 11.8 Å². The highest BCUT2D eigenvalue weighted by Crippen LogP contribution is 2.24. The zero-order valence-electron chi connectivity index (χ0n) is 11.3. The van der Waals surface area contributed by atoms with Crippen LogP contribution in [0.25, 0.3) is 0 Å². The second-order valence-electron chi connectivity index (χ2n) is 4.21. The first kappa shape index (κ1) is 14.9. The molecule has 1 aromatic carbocycles. The highest BCUT2D eigenvalue weighted by atomic mass is 32.2. The number of carboxylic acids is 1. The van der Waals surface area contributed by atoms with Crippen molar-refractivity contribution in [3.05, 3.63) is 41.7 Å². The van der Waals surface area contributed by atoms with Crippen molar-refractivity contribution in [3.8, 4) is 5.75 Å². The van der Waals surface area contributed by atoms with Crippen molar-refractivity contribution in [1.82, 2.24) is 0 Å². The Morgan fingerprint density at radius 1 is 1.29 bits per heavy atom. The number of hydrogen-bond acceptors (Lipinski definition) is 5. The van der Waals surface area contributed by atoms with Crippen LogP contribution >= 0.6 is 0 Å². The molecule has 0 fully saturated rings. The topological polar surface area (TPSA) is 106 Å². The van der Waals surface area contributed by atoms with Crippen molar-refractivity contribution in [1.29, 1.82) is 0 Å². The molecule has 112 valence electrons. The van der Waals surface area contributed by atoms with Crippen molar-refractivity contribution >= 4 is 21.7 Å². The lowest BCUT2D eigenvalue weighted by atomic mass is 10.2. The molecule has 0 bridgehead atoms. The average Bonchev–Trinajstić information content (AvgIpc) is 2.91. The number of ether oxygens (including phenoxy) is 1. The molecule has 1 aromatic heterocycles. The number of aromatic carboxylic acids is 1. The number of methoxy groups -OCH3 is 1. The monoisotopic (exact) mass is 311 g/mol. The maximum atomic E-state index is 12.1. The summed E-state index contributed by atoms with van der Waals surface area (Å²) in [5.74, 6) is -1.18. The highest BCUT2D eigenvalue weighted by molar-refractivity contribution is 7.92. The summed E-state index contributed by atoms with van der Waals surface area (Å²) in [4.78, 5) is 10.7. The third-order valence-electron chi connectivity index (χ3n) is 2.73. The second kappa shape index (κ2) is 5.49. The van der Waals surface area contributed by atoms with Gasteiger partial charge in [0.2, 0.25) is 10.9 Å². The van der Waals surface area contributed by atoms with Crippen LogP contribution in [0.15, 0.2) is 39.8 Å². The first-order valence-corrected chi connectivity index (χ1v) is 7.32. The Balaban J connectivity index is 2.30. The van der Waals surface area contributed by atoms with Crippen LogP contribution in [0.2, 0.25) is 0 Å². The fourth-order valence-electron chi connectivity index (χ4n) is 1.65. The summed E-state index contributed by atoms with van der Waals surface area (Å²) in [6, 6.07) is 6.99. The number of carboxylic acid groups (broad SMARTS) is 1. The number of rotatable bonds is 5. The Hall–Kier alpha value is -2.48. The molecule has 0 aliphatic carbocycles. The van der Waals surface area contributed by atoms with Crippen LogP contribution < -0.4 is 9.46 Å². The normalized spacial score (nSPS) is 11.1. The number of nitrogens with one attached hydrogen (secondary N) is 1. The molecule has 0 saturated heterocycles. The van der Waals surface area contributed by atoms with Crippen molar-refractivity contribution in [2.24, 2.45) is 0 Å². The molecule has 1 heterocycles. The van der Waals surface area contributed by atoms with E-state index in [1.165, 1.54) is 7.11 Å². The Bertz CT molecular complexity index is 778. The summed E-state index contributed by atoms with van der Waals surface area (Å²) in [7, 11) is -2.48. The lowest BCUT2D eigenvalue weighted by molar-refractivity contribution is 0.0656. The SMILES string of the molecule is COc1ccc(NS(=O)(=O)c2ccc(C(=O)O)o2)c(C)c1. The van der Waals surface area contributed by atoms with Crippen LogP contribution in [0.1, 0.15) is 16.1 Å². The zero-order valence-corrected chi connectivity index (χ0v) is 12.1. The molecule has 0 aliphatic rings. The van der Waals surface area contributed by atoms with Crippen molar-refractivity contribution in [3.63, 3.8) is 0 Å². The molecule has 7 nitrogen and oxygen atoms in total. The summed E-state index contributed by atoms with van der Waals surface area (Å²) in [5.41, 5.74) is 1.01. The van der Waals surface area contributed by atoms with Crippen LogP contribution in [0, 0.1) is 6.92 Å². The molecular formula is C13H13NO6S. The summed E-state index contributed by atoms with van der Waals surface area (Å²) in [6.45, 7) is 1.71. The predicted octanol–water partition coefficient (Wildman–Crippen LogP) is 2.10. The van der Waals surface area contributed by atoms with Gasteiger partial charge in [0.15, 0.2) is 0 Å². The summed E-state index contributed by atoms with van der Waals surface area (Å²) >= 11 is 0. The number of furan rings is 1. The molecular weight excluding hydrogens is 298 g/mol. The zero-order chi connectivity index (χ0) is 15.6. The first-order valence-electron chi connectivity index (χ1n) is 5.84. The van der Waals surface area contributed by atoms with Gasteiger partial charge in [0.05, 0.1) is 12.8 Å². The molecule has 0 radical (unpaired) electrons. The van der Waals surface area contributed by atoms with Crippen LogP contribution in [-0.2, 0) is 10.0 Å². The largest absolute Gasteiger partial charge is 0.497 e. The molecule has 2 rings (SSSR count).